The van der Waals surface area contributed by atoms with Crippen LogP contribution in [0.15, 0.2) is 36.7 Å². The molecule has 0 saturated heterocycles. The largest absolute Gasteiger partial charge is 0.461 e. The Morgan fingerprint density at radius 3 is 2.23 bits per heavy atom. The quantitative estimate of drug-likeness (QED) is 0.460. The highest BCUT2D eigenvalue weighted by Crippen LogP contribution is 2.37. The summed E-state index contributed by atoms with van der Waals surface area (Å²) in [6, 6.07) is 7.16. The molecule has 164 valence electrons. The van der Waals surface area contributed by atoms with Gasteiger partial charge in [-0.15, -0.1) is 0 Å². The average molecular weight is 438 g/mol. The normalized spacial score (nSPS) is 13.9. The standard InChI is InChI=1S/C22H29F2N3O2S/c1-14(2)29-19(28)22(26-15(3)30,13-21(4,5)6)18-9-7-16(8-10-18)17-11-25-27(12-17)20(23)24/h7-12,14,20H,13H2,1-6H3,(H,26,30)/t22-/m1/s1. The number of nitrogens with zero attached hydrogens (tertiary/aromatic N) is 2. The third kappa shape index (κ3) is 5.84. The van der Waals surface area contributed by atoms with Gasteiger partial charge in [-0.3, -0.25) is 0 Å². The molecule has 0 aliphatic rings. The van der Waals surface area contributed by atoms with Crippen LogP contribution < -0.4 is 5.32 Å². The van der Waals surface area contributed by atoms with Gasteiger partial charge in [-0.05, 0) is 43.7 Å². The van der Waals surface area contributed by atoms with Crippen LogP contribution in [0.4, 0.5) is 8.78 Å². The number of carbonyl (C=O) groups excluding carboxylic acids is 1. The first-order valence-corrected chi connectivity index (χ1v) is 10.2. The lowest BCUT2D eigenvalue weighted by atomic mass is 9.75. The molecule has 0 radical (unpaired) electrons. The maximum absolute atomic E-state index is 13.3. The SMILES string of the molecule is CC(=S)N[C@@](CC(C)(C)C)(C(=O)OC(C)C)c1ccc(-c2cnn(C(F)F)c2)cc1. The third-order valence-corrected chi connectivity index (χ3v) is 4.49. The molecule has 2 rings (SSSR count). The van der Waals surface area contributed by atoms with E-state index in [-0.39, 0.29) is 11.5 Å². The number of hydrogen-bond donors (Lipinski definition) is 1. The van der Waals surface area contributed by atoms with Gasteiger partial charge >= 0.3 is 12.5 Å². The van der Waals surface area contributed by atoms with Crippen molar-refractivity contribution in [1.29, 1.82) is 0 Å². The predicted molar refractivity (Wildman–Crippen MR) is 117 cm³/mol. The maximum Gasteiger partial charge on any atom is 0.336 e. The van der Waals surface area contributed by atoms with Crippen molar-refractivity contribution in [2.45, 2.75) is 66.2 Å². The van der Waals surface area contributed by atoms with Gasteiger partial charge in [-0.2, -0.15) is 13.9 Å². The van der Waals surface area contributed by atoms with E-state index in [0.717, 1.165) is 0 Å². The van der Waals surface area contributed by atoms with Crippen LogP contribution in [0.3, 0.4) is 0 Å². The van der Waals surface area contributed by atoms with E-state index in [0.29, 0.717) is 32.8 Å². The highest BCUT2D eigenvalue weighted by Gasteiger charge is 2.45. The fraction of sp³-hybridized carbons (Fsp3) is 0.500. The van der Waals surface area contributed by atoms with E-state index >= 15 is 0 Å². The summed E-state index contributed by atoms with van der Waals surface area (Å²) in [5.41, 5.74) is 0.584. The molecule has 1 aromatic heterocycles. The van der Waals surface area contributed by atoms with Gasteiger partial charge in [0.2, 0.25) is 0 Å². The molecule has 30 heavy (non-hydrogen) atoms. The van der Waals surface area contributed by atoms with Crippen molar-refractivity contribution in [3.8, 4) is 11.1 Å². The summed E-state index contributed by atoms with van der Waals surface area (Å²) >= 11 is 5.29. The monoisotopic (exact) mass is 437 g/mol. The summed E-state index contributed by atoms with van der Waals surface area (Å²) in [7, 11) is 0. The minimum absolute atomic E-state index is 0.217. The summed E-state index contributed by atoms with van der Waals surface area (Å²) in [5, 5.41) is 6.87. The van der Waals surface area contributed by atoms with Gasteiger partial charge in [-0.25, -0.2) is 9.48 Å². The van der Waals surface area contributed by atoms with Gasteiger partial charge < -0.3 is 10.1 Å². The zero-order valence-corrected chi connectivity index (χ0v) is 19.0. The number of nitrogens with one attached hydrogen (secondary N) is 1. The molecule has 1 heterocycles. The predicted octanol–water partition coefficient (Wildman–Crippen LogP) is 5.47. The molecule has 0 bridgehead atoms. The van der Waals surface area contributed by atoms with Gasteiger partial charge in [0.25, 0.3) is 0 Å². The number of alkyl halides is 2. The van der Waals surface area contributed by atoms with Crippen molar-refractivity contribution in [3.05, 3.63) is 42.2 Å². The van der Waals surface area contributed by atoms with Crippen LogP contribution in [-0.4, -0.2) is 26.8 Å². The van der Waals surface area contributed by atoms with Crippen molar-refractivity contribution in [1.82, 2.24) is 15.1 Å². The molecule has 1 N–H and O–H groups in total. The smallest absolute Gasteiger partial charge is 0.336 e. The minimum atomic E-state index is -2.70. The number of ether oxygens (including phenoxy) is 1. The first-order valence-electron chi connectivity index (χ1n) is 9.77. The second-order valence-electron chi connectivity index (χ2n) is 8.84. The Kier molecular flexibility index (Phi) is 7.34. The van der Waals surface area contributed by atoms with Crippen molar-refractivity contribution < 1.29 is 18.3 Å². The molecule has 8 heteroatoms. The molecular weight excluding hydrogens is 408 g/mol. The third-order valence-electron chi connectivity index (χ3n) is 4.39. The molecule has 0 unspecified atom stereocenters. The number of aromatic nitrogens is 2. The Morgan fingerprint density at radius 2 is 1.80 bits per heavy atom. The zero-order valence-electron chi connectivity index (χ0n) is 18.2. The lowest BCUT2D eigenvalue weighted by Crippen LogP contribution is -2.54. The van der Waals surface area contributed by atoms with Crippen molar-refractivity contribution in [2.75, 3.05) is 0 Å². The maximum atomic E-state index is 13.3. The molecule has 1 aromatic carbocycles. The number of benzene rings is 1. The molecule has 0 aliphatic carbocycles. The topological polar surface area (TPSA) is 56.1 Å². The van der Waals surface area contributed by atoms with Crippen LogP contribution in [0.25, 0.3) is 11.1 Å². The summed E-state index contributed by atoms with van der Waals surface area (Å²) in [6.45, 7) is 8.75. The number of halogens is 2. The van der Waals surface area contributed by atoms with E-state index in [1.807, 2.05) is 20.8 Å². The van der Waals surface area contributed by atoms with E-state index in [1.54, 1.807) is 45.0 Å². The Hall–Kier alpha value is -2.35. The fourth-order valence-corrected chi connectivity index (χ4v) is 3.59. The highest BCUT2D eigenvalue weighted by atomic mass is 32.1. The van der Waals surface area contributed by atoms with E-state index in [2.05, 4.69) is 10.4 Å². The van der Waals surface area contributed by atoms with E-state index in [9.17, 15) is 13.6 Å². The molecule has 2 aromatic rings. The van der Waals surface area contributed by atoms with Crippen molar-refractivity contribution >= 4 is 23.2 Å². The van der Waals surface area contributed by atoms with Crippen LogP contribution in [-0.2, 0) is 15.1 Å². The van der Waals surface area contributed by atoms with Gasteiger partial charge in [0.15, 0.2) is 5.54 Å². The van der Waals surface area contributed by atoms with Crippen LogP contribution >= 0.6 is 12.2 Å². The Bertz CT molecular complexity index is 889. The fourth-order valence-electron chi connectivity index (χ4n) is 3.41. The van der Waals surface area contributed by atoms with Crippen molar-refractivity contribution in [2.24, 2.45) is 5.41 Å². The van der Waals surface area contributed by atoms with Gasteiger partial charge in [0, 0.05) is 11.8 Å². The zero-order chi connectivity index (χ0) is 22.7. The summed E-state index contributed by atoms with van der Waals surface area (Å²) in [6.07, 6.45) is 2.83. The molecule has 0 saturated carbocycles. The summed E-state index contributed by atoms with van der Waals surface area (Å²) in [4.78, 5) is 13.8. The van der Waals surface area contributed by atoms with E-state index in [4.69, 9.17) is 17.0 Å². The number of hydrogen-bond acceptors (Lipinski definition) is 4. The molecule has 0 amide bonds. The Labute approximate surface area is 181 Å². The minimum Gasteiger partial charge on any atom is -0.461 e. The second-order valence-corrected chi connectivity index (χ2v) is 9.45. The average Bonchev–Trinajstić information content (AvgIpc) is 3.09. The molecule has 5 nitrogen and oxygen atoms in total. The number of carbonyl (C=O) groups is 1. The van der Waals surface area contributed by atoms with Gasteiger partial charge in [0.05, 0.1) is 17.3 Å². The van der Waals surface area contributed by atoms with E-state index < -0.39 is 18.1 Å². The Balaban J connectivity index is 2.52. The summed E-state index contributed by atoms with van der Waals surface area (Å²) in [5.74, 6) is -0.408. The molecule has 0 fully saturated rings. The number of thiocarbonyl (C=S) groups is 1. The molecular formula is C22H29F2N3O2S. The van der Waals surface area contributed by atoms with Crippen LogP contribution in [0.5, 0.6) is 0 Å². The van der Waals surface area contributed by atoms with Gasteiger partial charge in [0.1, 0.15) is 0 Å². The summed E-state index contributed by atoms with van der Waals surface area (Å²) < 4.78 is 31.8. The lowest BCUT2D eigenvalue weighted by Gasteiger charge is -2.38. The first kappa shape index (κ1) is 23.9. The van der Waals surface area contributed by atoms with Crippen LogP contribution in [0.1, 0.15) is 60.1 Å². The molecule has 0 spiro atoms. The van der Waals surface area contributed by atoms with E-state index in [1.165, 1.54) is 12.4 Å². The molecule has 0 aliphatic heterocycles. The second kappa shape index (κ2) is 9.20. The number of esters is 1. The van der Waals surface area contributed by atoms with Gasteiger partial charge in [-0.1, -0.05) is 57.3 Å². The Morgan fingerprint density at radius 1 is 1.20 bits per heavy atom. The molecule has 1 atom stereocenters. The van der Waals surface area contributed by atoms with Crippen LogP contribution in [0, 0.1) is 5.41 Å². The van der Waals surface area contributed by atoms with Crippen molar-refractivity contribution in [3.63, 3.8) is 0 Å². The highest BCUT2D eigenvalue weighted by molar-refractivity contribution is 7.80. The number of rotatable bonds is 7. The van der Waals surface area contributed by atoms with Crippen LogP contribution in [0.2, 0.25) is 0 Å². The lowest BCUT2D eigenvalue weighted by molar-refractivity contribution is -0.157. The first-order chi connectivity index (χ1) is 13.8.